The van der Waals surface area contributed by atoms with Gasteiger partial charge in [0, 0.05) is 50.7 Å². The maximum Gasteiger partial charge on any atom is 0.410 e. The lowest BCUT2D eigenvalue weighted by Crippen LogP contribution is -2.48. The maximum absolute atomic E-state index is 14.6. The Bertz CT molecular complexity index is 1170. The molecule has 2 aliphatic rings. The summed E-state index contributed by atoms with van der Waals surface area (Å²) in [6, 6.07) is 4.97. The van der Waals surface area contributed by atoms with E-state index in [-0.39, 0.29) is 30.1 Å². The van der Waals surface area contributed by atoms with Crippen LogP contribution in [0.4, 0.5) is 14.9 Å². The Labute approximate surface area is 268 Å². The average Bonchev–Trinajstić information content (AvgIpc) is 3.02. The van der Waals surface area contributed by atoms with Gasteiger partial charge in [-0.3, -0.25) is 0 Å². The fourth-order valence-electron chi connectivity index (χ4n) is 6.09. The zero-order valence-electron chi connectivity index (χ0n) is 27.6. The van der Waals surface area contributed by atoms with Gasteiger partial charge in [0.15, 0.2) is 0 Å². The molecule has 2 heterocycles. The van der Waals surface area contributed by atoms with Crippen LogP contribution in [0.5, 0.6) is 0 Å². The van der Waals surface area contributed by atoms with E-state index in [4.69, 9.17) is 9.47 Å². The molecule has 0 bridgehead atoms. The number of rotatable bonds is 15. The number of allylic oxidation sites excluding steroid dienone is 2. The molecule has 1 unspecified atom stereocenters. The van der Waals surface area contributed by atoms with Crippen molar-refractivity contribution in [3.8, 4) is 0 Å². The highest BCUT2D eigenvalue weighted by Crippen LogP contribution is 2.27. The molecular weight excluding hydrogens is 577 g/mol. The minimum absolute atomic E-state index is 0.0586. The van der Waals surface area contributed by atoms with Gasteiger partial charge in [-0.1, -0.05) is 31.6 Å². The quantitative estimate of drug-likeness (QED) is 0.215. The highest BCUT2D eigenvalue weighted by molar-refractivity contribution is 5.69. The molecule has 2 fully saturated rings. The predicted molar refractivity (Wildman–Crippen MR) is 175 cm³/mol. The second kappa shape index (κ2) is 18.2. The van der Waals surface area contributed by atoms with Crippen LogP contribution in [0.2, 0.25) is 0 Å². The molecule has 0 saturated carbocycles. The summed E-state index contributed by atoms with van der Waals surface area (Å²) in [4.78, 5) is 42.4. The van der Waals surface area contributed by atoms with Crippen molar-refractivity contribution in [1.82, 2.24) is 9.80 Å². The first-order valence-corrected chi connectivity index (χ1v) is 16.2. The minimum atomic E-state index is -0.747. The molecular formula is C35H52FN3O6. The number of piperidine rings is 1. The van der Waals surface area contributed by atoms with E-state index in [1.165, 1.54) is 12.1 Å². The van der Waals surface area contributed by atoms with Gasteiger partial charge in [0.25, 0.3) is 0 Å². The third kappa shape index (κ3) is 11.3. The normalized spacial score (nSPS) is 21.5. The van der Waals surface area contributed by atoms with E-state index in [1.807, 2.05) is 52.1 Å². The van der Waals surface area contributed by atoms with Gasteiger partial charge >= 0.3 is 6.09 Å². The van der Waals surface area contributed by atoms with E-state index < -0.39 is 24.2 Å². The third-order valence-electron chi connectivity index (χ3n) is 9.08. The fourth-order valence-corrected chi connectivity index (χ4v) is 6.09. The lowest BCUT2D eigenvalue weighted by atomic mass is 9.86. The van der Waals surface area contributed by atoms with E-state index in [1.54, 1.807) is 11.9 Å². The smallest absolute Gasteiger partial charge is 0.410 e. The van der Waals surface area contributed by atoms with Crippen LogP contribution in [0.3, 0.4) is 0 Å². The summed E-state index contributed by atoms with van der Waals surface area (Å²) in [5.74, 6) is -1.18. The van der Waals surface area contributed by atoms with Crippen LogP contribution < -0.4 is 4.90 Å². The van der Waals surface area contributed by atoms with Gasteiger partial charge < -0.3 is 38.9 Å². The second-order valence-electron chi connectivity index (χ2n) is 12.8. The topological polar surface area (TPSA) is 99.6 Å². The van der Waals surface area contributed by atoms with Gasteiger partial charge in [-0.2, -0.15) is 0 Å². The minimum Gasteiger partial charge on any atom is -0.442 e. The summed E-state index contributed by atoms with van der Waals surface area (Å²) >= 11 is 0. The molecule has 0 aromatic heterocycles. The lowest BCUT2D eigenvalue weighted by Gasteiger charge is -2.36. The standard InChI is InChI=1S/C35H52FN3O6/c1-25(33(24-41)27(3)19-28-20-29(36)22-31(21-28)39-14-17-44-18-15-39)9-11-34(26(2)8-10-32(42)12-16-40)45-35(43)38(5)30-7-6-13-37(4)23-30/h9,11,16,19-22,24-26,30,32-34,42H,6-8,10,12-15,17-18,23H2,1-5H3/b11-9+,27-19+/t25-,26-,30?,32+,33-,34-/m0/s1. The van der Waals surface area contributed by atoms with Gasteiger partial charge in [-0.25, -0.2) is 9.18 Å². The number of hydrogen-bond donors (Lipinski definition) is 1. The monoisotopic (exact) mass is 629 g/mol. The number of benzene rings is 1. The molecule has 1 aromatic carbocycles. The summed E-state index contributed by atoms with van der Waals surface area (Å²) in [5, 5.41) is 10.1. The van der Waals surface area contributed by atoms with E-state index in [0.29, 0.717) is 51.0 Å². The van der Waals surface area contributed by atoms with Crippen molar-refractivity contribution in [3.63, 3.8) is 0 Å². The number of likely N-dealkylation sites (tertiary alicyclic amines) is 1. The number of hydrogen-bond acceptors (Lipinski definition) is 8. The highest BCUT2D eigenvalue weighted by atomic mass is 19.1. The zero-order valence-corrected chi connectivity index (χ0v) is 27.6. The first-order chi connectivity index (χ1) is 21.5. The van der Waals surface area contributed by atoms with Crippen molar-refractivity contribution in [2.24, 2.45) is 17.8 Å². The molecule has 45 heavy (non-hydrogen) atoms. The van der Waals surface area contributed by atoms with Crippen molar-refractivity contribution in [1.29, 1.82) is 0 Å². The molecule has 2 aliphatic heterocycles. The number of carbonyl (C=O) groups is 3. The molecule has 0 spiro atoms. The number of ether oxygens (including phenoxy) is 2. The number of aldehydes is 2. The Balaban J connectivity index is 1.76. The molecule has 9 nitrogen and oxygen atoms in total. The number of amides is 1. The maximum atomic E-state index is 14.6. The number of carbonyl (C=O) groups excluding carboxylic acids is 3. The van der Waals surface area contributed by atoms with Crippen LogP contribution in [0, 0.1) is 23.6 Å². The number of nitrogens with zero attached hydrogens (tertiary/aromatic N) is 3. The molecule has 3 rings (SSSR count). The molecule has 1 N–H and O–H groups in total. The predicted octanol–water partition coefficient (Wildman–Crippen LogP) is 4.97. The average molecular weight is 630 g/mol. The summed E-state index contributed by atoms with van der Waals surface area (Å²) < 4.78 is 26.0. The number of morpholine rings is 1. The zero-order chi connectivity index (χ0) is 32.9. The summed E-state index contributed by atoms with van der Waals surface area (Å²) in [6.45, 7) is 10.1. The van der Waals surface area contributed by atoms with Crippen molar-refractivity contribution in [2.75, 3.05) is 58.4 Å². The van der Waals surface area contributed by atoms with Crippen LogP contribution in [-0.4, -0.2) is 105 Å². The molecule has 0 radical (unpaired) electrons. The van der Waals surface area contributed by atoms with Crippen LogP contribution in [-0.2, 0) is 19.1 Å². The van der Waals surface area contributed by atoms with Crippen molar-refractivity contribution < 1.29 is 33.4 Å². The largest absolute Gasteiger partial charge is 0.442 e. The second-order valence-corrected chi connectivity index (χ2v) is 12.8. The Morgan fingerprint density at radius 1 is 1.16 bits per heavy atom. The molecule has 1 amide bonds. The Hall–Kier alpha value is -3.08. The van der Waals surface area contributed by atoms with Crippen molar-refractivity contribution in [2.45, 2.75) is 71.1 Å². The lowest BCUT2D eigenvalue weighted by molar-refractivity contribution is -0.111. The number of halogens is 1. The number of aliphatic hydroxyl groups excluding tert-OH is 1. The van der Waals surface area contributed by atoms with Crippen LogP contribution >= 0.6 is 0 Å². The van der Waals surface area contributed by atoms with E-state index in [9.17, 15) is 23.9 Å². The van der Waals surface area contributed by atoms with Crippen LogP contribution in [0.25, 0.3) is 6.08 Å². The number of anilines is 1. The molecule has 250 valence electrons. The SMILES string of the molecule is C/C(=C\c1cc(F)cc(N2CCOCC2)c1)[C@@H](C=O)[C@@H](C)/C=C/[C@H](OC(=O)N(C)C1CCCN(C)C1)[C@@H](C)CC[C@@H](O)CC=O. The van der Waals surface area contributed by atoms with Crippen LogP contribution in [0.1, 0.15) is 58.4 Å². The molecule has 2 saturated heterocycles. The van der Waals surface area contributed by atoms with Gasteiger partial charge in [0.1, 0.15) is 24.5 Å². The van der Waals surface area contributed by atoms with Crippen LogP contribution in [0.15, 0.2) is 35.9 Å². The molecule has 10 heteroatoms. The number of likely N-dealkylation sites (N-methyl/N-ethyl adjacent to an activating group) is 2. The third-order valence-corrected chi connectivity index (χ3v) is 9.08. The molecule has 6 atom stereocenters. The summed E-state index contributed by atoms with van der Waals surface area (Å²) in [7, 11) is 3.81. The Kier molecular flexibility index (Phi) is 14.7. The Morgan fingerprint density at radius 2 is 1.89 bits per heavy atom. The van der Waals surface area contributed by atoms with Crippen molar-refractivity contribution >= 4 is 30.4 Å². The summed E-state index contributed by atoms with van der Waals surface area (Å²) in [6.07, 6.45) is 8.35. The van der Waals surface area contributed by atoms with Gasteiger partial charge in [0.05, 0.1) is 19.3 Å². The van der Waals surface area contributed by atoms with E-state index in [2.05, 4.69) is 9.80 Å². The first-order valence-electron chi connectivity index (χ1n) is 16.2. The van der Waals surface area contributed by atoms with Gasteiger partial charge in [0.2, 0.25) is 0 Å². The van der Waals surface area contributed by atoms with E-state index in [0.717, 1.165) is 43.5 Å². The van der Waals surface area contributed by atoms with E-state index >= 15 is 0 Å². The molecule has 0 aliphatic carbocycles. The first kappa shape index (κ1) is 36.4. The fraction of sp³-hybridized carbons (Fsp3) is 0.629. The Morgan fingerprint density at radius 3 is 2.56 bits per heavy atom. The number of aliphatic hydroxyl groups is 1. The van der Waals surface area contributed by atoms with Gasteiger partial charge in [-0.15, -0.1) is 0 Å². The molecule has 1 aromatic rings. The van der Waals surface area contributed by atoms with Crippen molar-refractivity contribution in [3.05, 3.63) is 47.3 Å². The summed E-state index contributed by atoms with van der Waals surface area (Å²) in [5.41, 5.74) is 2.26. The highest BCUT2D eigenvalue weighted by Gasteiger charge is 2.29. The van der Waals surface area contributed by atoms with Gasteiger partial charge in [-0.05, 0) is 87.9 Å².